The van der Waals surface area contributed by atoms with Crippen molar-refractivity contribution in [3.63, 3.8) is 0 Å². The summed E-state index contributed by atoms with van der Waals surface area (Å²) < 4.78 is 13.2. The number of methoxy groups -OCH3 is 2. The Labute approximate surface area is 356 Å². The van der Waals surface area contributed by atoms with Crippen LogP contribution in [0, 0.1) is 25.2 Å². The summed E-state index contributed by atoms with van der Waals surface area (Å²) in [5.41, 5.74) is 9.61. The van der Waals surface area contributed by atoms with Gasteiger partial charge in [-0.05, 0) is 107 Å². The minimum atomic E-state index is -0.333. The third-order valence-corrected chi connectivity index (χ3v) is 14.2. The zero-order valence-corrected chi connectivity index (χ0v) is 36.9. The van der Waals surface area contributed by atoms with Crippen LogP contribution in [-0.4, -0.2) is 59.0 Å². The van der Waals surface area contributed by atoms with Crippen LogP contribution in [0.5, 0.6) is 11.5 Å². The topological polar surface area (TPSA) is 95.6 Å². The summed E-state index contributed by atoms with van der Waals surface area (Å²) in [4.78, 5) is 24.0. The molecule has 0 fully saturated rings. The van der Waals surface area contributed by atoms with Gasteiger partial charge in [-0.15, -0.1) is 11.3 Å². The van der Waals surface area contributed by atoms with Crippen molar-refractivity contribution in [1.82, 2.24) is 24.4 Å². The average molecular weight is 825 g/mol. The van der Waals surface area contributed by atoms with E-state index >= 15 is 0 Å². The standard InChI is InChI=1S/C47H52N8O2S2/c1-30-13-14-31(2)55(30)45-38(26-48)42-41(59-45)12-9-23-47(42)25-40-39(29-52(47)4)44(51-46(50-40)58-8)53(5)32(3)37-11-10-24-49-43(37)54(27-33-15-19-35(56-6)20-16-33)28-34-17-21-36(57-7)22-18-34/h10-11,13-22,24,32H,9,12,23,25,27-29H2,1-8H3. The molecular formula is C47H52N8O2S2. The van der Waals surface area contributed by atoms with E-state index in [9.17, 15) is 5.26 Å². The molecule has 0 radical (unpaired) electrons. The number of nitrogens with zero attached hydrogens (tertiary/aromatic N) is 8. The highest BCUT2D eigenvalue weighted by atomic mass is 32.2. The first-order valence-electron chi connectivity index (χ1n) is 20.1. The molecule has 10 nitrogen and oxygen atoms in total. The Kier molecular flexibility index (Phi) is 11.5. The molecule has 304 valence electrons. The Morgan fingerprint density at radius 2 is 1.58 bits per heavy atom. The van der Waals surface area contributed by atoms with Gasteiger partial charge in [-0.2, -0.15) is 5.26 Å². The van der Waals surface area contributed by atoms with Crippen molar-refractivity contribution in [2.75, 3.05) is 44.4 Å². The van der Waals surface area contributed by atoms with Crippen molar-refractivity contribution in [3.8, 4) is 22.6 Å². The largest absolute Gasteiger partial charge is 0.497 e. The summed E-state index contributed by atoms with van der Waals surface area (Å²) in [6.45, 7) is 8.48. The average Bonchev–Trinajstić information content (AvgIpc) is 3.81. The molecule has 0 bridgehead atoms. The predicted molar refractivity (Wildman–Crippen MR) is 238 cm³/mol. The molecule has 5 heterocycles. The van der Waals surface area contributed by atoms with Gasteiger partial charge < -0.3 is 23.8 Å². The van der Waals surface area contributed by atoms with Crippen LogP contribution in [0.2, 0.25) is 0 Å². The van der Waals surface area contributed by atoms with E-state index in [1.165, 1.54) is 10.4 Å². The number of hydrogen-bond acceptors (Lipinski definition) is 11. The Bertz CT molecular complexity index is 2440. The van der Waals surface area contributed by atoms with Gasteiger partial charge in [0.1, 0.15) is 34.2 Å². The number of ether oxygens (including phenoxy) is 2. The lowest BCUT2D eigenvalue weighted by atomic mass is 9.72. The summed E-state index contributed by atoms with van der Waals surface area (Å²) in [7, 11) is 7.76. The number of thiophene rings is 1. The number of pyridine rings is 1. The highest BCUT2D eigenvalue weighted by molar-refractivity contribution is 7.98. The Morgan fingerprint density at radius 1 is 0.932 bits per heavy atom. The lowest BCUT2D eigenvalue weighted by molar-refractivity contribution is 0.0732. The third kappa shape index (κ3) is 7.45. The fraction of sp³-hybridized carbons (Fsp3) is 0.362. The molecule has 12 heteroatoms. The molecule has 8 rings (SSSR count). The van der Waals surface area contributed by atoms with Gasteiger partial charge in [0.25, 0.3) is 0 Å². The number of aryl methyl sites for hydroxylation is 3. The molecule has 0 amide bonds. The fourth-order valence-corrected chi connectivity index (χ4v) is 11.0. The van der Waals surface area contributed by atoms with E-state index in [4.69, 9.17) is 24.4 Å². The minimum absolute atomic E-state index is 0.0817. The number of anilines is 2. The van der Waals surface area contributed by atoms with Crippen molar-refractivity contribution >= 4 is 34.7 Å². The lowest BCUT2D eigenvalue weighted by Crippen LogP contribution is -2.51. The molecular weight excluding hydrogens is 773 g/mol. The highest BCUT2D eigenvalue weighted by Gasteiger charge is 2.48. The quantitative estimate of drug-likeness (QED) is 0.0878. The van der Waals surface area contributed by atoms with E-state index in [2.05, 4.69) is 109 Å². The van der Waals surface area contributed by atoms with E-state index < -0.39 is 0 Å². The number of hydrogen-bond donors (Lipinski definition) is 0. The van der Waals surface area contributed by atoms with Gasteiger partial charge in [-0.1, -0.05) is 42.1 Å². The van der Waals surface area contributed by atoms with Crippen LogP contribution in [0.25, 0.3) is 5.00 Å². The molecule has 2 aromatic carbocycles. The van der Waals surface area contributed by atoms with Crippen LogP contribution in [0.3, 0.4) is 0 Å². The molecule has 1 aliphatic heterocycles. The predicted octanol–water partition coefficient (Wildman–Crippen LogP) is 9.58. The highest BCUT2D eigenvalue weighted by Crippen LogP contribution is 2.52. The summed E-state index contributed by atoms with van der Waals surface area (Å²) in [5, 5.41) is 12.6. The first-order valence-corrected chi connectivity index (χ1v) is 22.2. The van der Waals surface area contributed by atoms with Gasteiger partial charge in [0.15, 0.2) is 5.16 Å². The number of thioether (sulfide) groups is 1. The van der Waals surface area contributed by atoms with E-state index in [0.717, 1.165) is 104 Å². The Balaban J connectivity index is 1.17. The van der Waals surface area contributed by atoms with E-state index in [1.807, 2.05) is 36.5 Å². The maximum Gasteiger partial charge on any atom is 0.189 e. The molecule has 0 saturated heterocycles. The zero-order chi connectivity index (χ0) is 41.4. The first kappa shape index (κ1) is 40.4. The Hall–Kier alpha value is -5.35. The van der Waals surface area contributed by atoms with Gasteiger partial charge in [0.05, 0.1) is 37.1 Å². The fourth-order valence-electron chi connectivity index (χ4n) is 9.10. The van der Waals surface area contributed by atoms with Gasteiger partial charge in [-0.3, -0.25) is 4.90 Å². The number of likely N-dealkylation sites (N-methyl/N-ethyl adjacent to an activating group) is 1. The maximum absolute atomic E-state index is 10.8. The third-order valence-electron chi connectivity index (χ3n) is 12.4. The van der Waals surface area contributed by atoms with Crippen LogP contribution < -0.4 is 19.3 Å². The maximum atomic E-state index is 10.8. The zero-order valence-electron chi connectivity index (χ0n) is 35.2. The van der Waals surface area contributed by atoms with E-state index in [0.29, 0.717) is 19.6 Å². The normalized spacial score (nSPS) is 16.6. The number of benzene rings is 2. The summed E-state index contributed by atoms with van der Waals surface area (Å²) in [6.07, 6.45) is 7.69. The number of rotatable bonds is 12. The lowest BCUT2D eigenvalue weighted by Gasteiger charge is -2.49. The molecule has 0 saturated carbocycles. The molecule has 59 heavy (non-hydrogen) atoms. The van der Waals surface area contributed by atoms with Gasteiger partial charge in [0.2, 0.25) is 0 Å². The number of fused-ring (bicyclic) bond motifs is 3. The SMILES string of the molecule is COc1ccc(CN(Cc2ccc(OC)cc2)c2ncccc2C(C)N(C)c2nc(SC)nc3c2CN(C)C2(CCCc4sc(-n5c(C)ccc5C)c(C#N)c42)C3)cc1. The van der Waals surface area contributed by atoms with Crippen molar-refractivity contribution in [2.45, 2.75) is 82.8 Å². The minimum Gasteiger partial charge on any atom is -0.497 e. The van der Waals surface area contributed by atoms with Gasteiger partial charge in [0, 0.05) is 72.3 Å². The molecule has 6 aromatic rings. The van der Waals surface area contributed by atoms with Gasteiger partial charge >= 0.3 is 0 Å². The second-order valence-corrected chi connectivity index (χ2v) is 17.6. The molecule has 4 aromatic heterocycles. The van der Waals surface area contributed by atoms with Crippen molar-refractivity contribution < 1.29 is 9.47 Å². The number of nitriles is 1. The van der Waals surface area contributed by atoms with Gasteiger partial charge in [-0.25, -0.2) is 15.0 Å². The molecule has 0 N–H and O–H groups in total. The van der Waals surface area contributed by atoms with Crippen molar-refractivity contribution in [3.05, 3.63) is 134 Å². The van der Waals surface area contributed by atoms with Crippen LogP contribution in [-0.2, 0) is 38.0 Å². The van der Waals surface area contributed by atoms with E-state index in [-0.39, 0.29) is 11.6 Å². The summed E-state index contributed by atoms with van der Waals surface area (Å²) in [5.74, 6) is 3.51. The first-order chi connectivity index (χ1) is 28.6. The molecule has 2 aliphatic rings. The molecule has 2 unspecified atom stereocenters. The summed E-state index contributed by atoms with van der Waals surface area (Å²) in [6, 6.07) is 27.6. The molecule has 1 aliphatic carbocycles. The smallest absolute Gasteiger partial charge is 0.189 e. The monoisotopic (exact) mass is 824 g/mol. The Morgan fingerprint density at radius 3 is 2.17 bits per heavy atom. The van der Waals surface area contributed by atoms with Crippen molar-refractivity contribution in [2.24, 2.45) is 0 Å². The second kappa shape index (κ2) is 16.7. The van der Waals surface area contributed by atoms with Crippen LogP contribution in [0.15, 0.2) is 84.1 Å². The number of aromatic nitrogens is 4. The second-order valence-electron chi connectivity index (χ2n) is 15.8. The molecule has 1 spiro atoms. The summed E-state index contributed by atoms with van der Waals surface area (Å²) >= 11 is 3.37. The van der Waals surface area contributed by atoms with Crippen LogP contribution in [0.1, 0.15) is 81.1 Å². The van der Waals surface area contributed by atoms with Crippen LogP contribution in [0.4, 0.5) is 11.6 Å². The van der Waals surface area contributed by atoms with Crippen molar-refractivity contribution in [1.29, 1.82) is 5.26 Å². The molecule has 2 atom stereocenters. The van der Waals surface area contributed by atoms with E-state index in [1.54, 1.807) is 37.3 Å². The van der Waals surface area contributed by atoms with Crippen LogP contribution >= 0.6 is 23.1 Å².